The first-order chi connectivity index (χ1) is 6.86. The molecule has 2 rings (SSSR count). The molecule has 70 valence electrons. The van der Waals surface area contributed by atoms with E-state index < -0.39 is 0 Å². The fourth-order valence-corrected chi connectivity index (χ4v) is 1.84. The van der Waals surface area contributed by atoms with Gasteiger partial charge in [-0.15, -0.1) is 11.6 Å². The number of halogens is 1. The van der Waals surface area contributed by atoms with E-state index >= 15 is 0 Å². The van der Waals surface area contributed by atoms with Crippen LogP contribution in [0.5, 0.6) is 0 Å². The van der Waals surface area contributed by atoms with E-state index in [1.807, 2.05) is 36.4 Å². The second-order valence-electron chi connectivity index (χ2n) is 3.11. The molecule has 0 unspecified atom stereocenters. The van der Waals surface area contributed by atoms with Crippen LogP contribution in [0.3, 0.4) is 0 Å². The van der Waals surface area contributed by atoms with E-state index in [1.54, 1.807) is 0 Å². The molecule has 0 spiro atoms. The molecule has 0 amide bonds. The molecule has 0 fully saturated rings. The van der Waals surface area contributed by atoms with Crippen LogP contribution in [0.15, 0.2) is 36.4 Å². The topological polar surface area (TPSA) is 17.1 Å². The molecule has 1 nitrogen and oxygen atoms in total. The first kappa shape index (κ1) is 9.22. The third kappa shape index (κ3) is 1.40. The zero-order chi connectivity index (χ0) is 9.97. The van der Waals surface area contributed by atoms with Gasteiger partial charge in [0.05, 0.1) is 0 Å². The fraction of sp³-hybridized carbons (Fsp3) is 0.0833. The minimum absolute atomic E-state index is 0.472. The molecule has 0 N–H and O–H groups in total. The third-order valence-electron chi connectivity index (χ3n) is 2.32. The van der Waals surface area contributed by atoms with Crippen molar-refractivity contribution in [2.75, 3.05) is 0 Å². The number of benzene rings is 2. The zero-order valence-corrected chi connectivity index (χ0v) is 8.29. The van der Waals surface area contributed by atoms with Gasteiger partial charge in [-0.05, 0) is 16.3 Å². The molecule has 2 heteroatoms. The van der Waals surface area contributed by atoms with Crippen LogP contribution >= 0.6 is 11.6 Å². The molecule has 0 atom stereocenters. The van der Waals surface area contributed by atoms with Crippen molar-refractivity contribution in [3.05, 3.63) is 47.5 Å². The number of carbonyl (C=O) groups excluding carboxylic acids is 1. The average Bonchev–Trinajstić information content (AvgIpc) is 2.27. The van der Waals surface area contributed by atoms with E-state index in [1.165, 1.54) is 0 Å². The number of alkyl halides is 1. The van der Waals surface area contributed by atoms with Gasteiger partial charge in [0.1, 0.15) is 0 Å². The molecule has 0 radical (unpaired) electrons. The van der Waals surface area contributed by atoms with E-state index in [-0.39, 0.29) is 0 Å². The maximum Gasteiger partial charge on any atom is 0.150 e. The largest absolute Gasteiger partial charge is 0.298 e. The van der Waals surface area contributed by atoms with Gasteiger partial charge in [-0.2, -0.15) is 0 Å². The third-order valence-corrected chi connectivity index (χ3v) is 2.61. The van der Waals surface area contributed by atoms with Crippen molar-refractivity contribution in [3.8, 4) is 0 Å². The first-order valence-electron chi connectivity index (χ1n) is 4.38. The lowest BCUT2D eigenvalue weighted by atomic mass is 10.0. The lowest BCUT2D eigenvalue weighted by Gasteiger charge is -2.04. The Kier molecular flexibility index (Phi) is 2.51. The SMILES string of the molecule is O=Cc1ccc(CCl)c2ccccc12. The maximum absolute atomic E-state index is 10.8. The van der Waals surface area contributed by atoms with Crippen LogP contribution in [-0.4, -0.2) is 6.29 Å². The smallest absolute Gasteiger partial charge is 0.150 e. The standard InChI is InChI=1S/C12H9ClO/c13-7-9-5-6-10(8-14)12-4-2-1-3-11(9)12/h1-6,8H,7H2. The number of carbonyl (C=O) groups is 1. The summed E-state index contributed by atoms with van der Waals surface area (Å²) in [6.45, 7) is 0. The Labute approximate surface area is 87.3 Å². The van der Waals surface area contributed by atoms with Crippen LogP contribution in [-0.2, 0) is 5.88 Å². The summed E-state index contributed by atoms with van der Waals surface area (Å²) in [6, 6.07) is 11.5. The van der Waals surface area contributed by atoms with Gasteiger partial charge in [-0.3, -0.25) is 4.79 Å². The van der Waals surface area contributed by atoms with Gasteiger partial charge < -0.3 is 0 Å². The summed E-state index contributed by atoms with van der Waals surface area (Å²) in [6.07, 6.45) is 0.875. The zero-order valence-electron chi connectivity index (χ0n) is 7.53. The average molecular weight is 205 g/mol. The number of rotatable bonds is 2. The van der Waals surface area contributed by atoms with E-state index in [0.29, 0.717) is 5.88 Å². The van der Waals surface area contributed by atoms with Crippen molar-refractivity contribution in [1.29, 1.82) is 0 Å². The predicted molar refractivity (Wildman–Crippen MR) is 58.9 cm³/mol. The quantitative estimate of drug-likeness (QED) is 0.541. The van der Waals surface area contributed by atoms with E-state index in [9.17, 15) is 4.79 Å². The predicted octanol–water partition coefficient (Wildman–Crippen LogP) is 3.39. The van der Waals surface area contributed by atoms with E-state index in [4.69, 9.17) is 11.6 Å². The van der Waals surface area contributed by atoms with E-state index in [2.05, 4.69) is 0 Å². The maximum atomic E-state index is 10.8. The molecular formula is C12H9ClO. The highest BCUT2D eigenvalue weighted by Crippen LogP contribution is 2.22. The van der Waals surface area contributed by atoms with Gasteiger partial charge in [0.25, 0.3) is 0 Å². The molecule has 0 aromatic heterocycles. The Hall–Kier alpha value is -1.34. The normalized spacial score (nSPS) is 10.4. The highest BCUT2D eigenvalue weighted by molar-refractivity contribution is 6.18. The van der Waals surface area contributed by atoms with Crippen molar-refractivity contribution in [3.63, 3.8) is 0 Å². The second-order valence-corrected chi connectivity index (χ2v) is 3.38. The van der Waals surface area contributed by atoms with Crippen molar-refractivity contribution in [2.45, 2.75) is 5.88 Å². The second kappa shape index (κ2) is 3.81. The monoisotopic (exact) mass is 204 g/mol. The lowest BCUT2D eigenvalue weighted by Crippen LogP contribution is -1.87. The number of hydrogen-bond acceptors (Lipinski definition) is 1. The molecule has 14 heavy (non-hydrogen) atoms. The molecule has 0 aliphatic carbocycles. The summed E-state index contributed by atoms with van der Waals surface area (Å²) in [4.78, 5) is 10.8. The fourth-order valence-electron chi connectivity index (χ4n) is 1.60. The highest BCUT2D eigenvalue weighted by atomic mass is 35.5. The highest BCUT2D eigenvalue weighted by Gasteiger charge is 2.03. The summed E-state index contributed by atoms with van der Waals surface area (Å²) in [7, 11) is 0. The molecule has 0 aliphatic heterocycles. The number of aldehydes is 1. The van der Waals surface area contributed by atoms with Gasteiger partial charge in [-0.25, -0.2) is 0 Å². The van der Waals surface area contributed by atoms with Crippen LogP contribution < -0.4 is 0 Å². The van der Waals surface area contributed by atoms with Crippen LogP contribution in [0, 0.1) is 0 Å². The van der Waals surface area contributed by atoms with Crippen molar-refractivity contribution in [1.82, 2.24) is 0 Å². The molecule has 0 saturated carbocycles. The molecule has 0 bridgehead atoms. The van der Waals surface area contributed by atoms with Crippen LogP contribution in [0.2, 0.25) is 0 Å². The van der Waals surface area contributed by atoms with Crippen molar-refractivity contribution < 1.29 is 4.79 Å². The Morgan fingerprint density at radius 2 is 1.79 bits per heavy atom. The van der Waals surface area contributed by atoms with Gasteiger partial charge >= 0.3 is 0 Å². The van der Waals surface area contributed by atoms with Crippen LogP contribution in [0.4, 0.5) is 0 Å². The molecule has 2 aromatic rings. The van der Waals surface area contributed by atoms with Gasteiger partial charge in [0.2, 0.25) is 0 Å². The van der Waals surface area contributed by atoms with Crippen LogP contribution in [0.1, 0.15) is 15.9 Å². The van der Waals surface area contributed by atoms with Gasteiger partial charge in [0.15, 0.2) is 6.29 Å². The summed E-state index contributed by atoms with van der Waals surface area (Å²) in [5.41, 5.74) is 1.78. The summed E-state index contributed by atoms with van der Waals surface area (Å²) in [5.74, 6) is 0.472. The molecule has 0 aliphatic rings. The van der Waals surface area contributed by atoms with Gasteiger partial charge in [-0.1, -0.05) is 36.4 Å². The first-order valence-corrected chi connectivity index (χ1v) is 4.92. The van der Waals surface area contributed by atoms with Gasteiger partial charge in [0, 0.05) is 11.4 Å². The lowest BCUT2D eigenvalue weighted by molar-refractivity contribution is 0.112. The van der Waals surface area contributed by atoms with Crippen molar-refractivity contribution >= 4 is 28.7 Å². The summed E-state index contributed by atoms with van der Waals surface area (Å²) in [5, 5.41) is 2.03. The molecule has 2 aromatic carbocycles. The minimum Gasteiger partial charge on any atom is -0.298 e. The Morgan fingerprint density at radius 1 is 1.07 bits per heavy atom. The summed E-state index contributed by atoms with van der Waals surface area (Å²) < 4.78 is 0. The number of fused-ring (bicyclic) bond motifs is 1. The Bertz CT molecular complexity index is 477. The molecular weight excluding hydrogens is 196 g/mol. The summed E-state index contributed by atoms with van der Waals surface area (Å²) >= 11 is 5.81. The molecule has 0 heterocycles. The van der Waals surface area contributed by atoms with Crippen molar-refractivity contribution in [2.24, 2.45) is 0 Å². The number of hydrogen-bond donors (Lipinski definition) is 0. The van der Waals surface area contributed by atoms with E-state index in [0.717, 1.165) is 28.2 Å². The minimum atomic E-state index is 0.472. The molecule has 0 saturated heterocycles. The van der Waals surface area contributed by atoms with Crippen LogP contribution in [0.25, 0.3) is 10.8 Å². The Morgan fingerprint density at radius 3 is 2.43 bits per heavy atom. The Balaban J connectivity index is 2.84.